The molecule has 0 saturated heterocycles. The maximum absolute atomic E-state index is 8.68. The Labute approximate surface area is 78.7 Å². The van der Waals surface area contributed by atoms with Crippen molar-refractivity contribution in [2.45, 2.75) is 19.6 Å². The molecule has 0 bridgehead atoms. The Hall–Kier alpha value is -1.10. The molecule has 0 rings (SSSR count). The van der Waals surface area contributed by atoms with Crippen molar-refractivity contribution in [2.24, 2.45) is 11.8 Å². The SMILES string of the molecule is CCC(C(C#N)C#N)C(OC)OC. The van der Waals surface area contributed by atoms with Crippen molar-refractivity contribution in [3.63, 3.8) is 0 Å². The van der Waals surface area contributed by atoms with E-state index >= 15 is 0 Å². The van der Waals surface area contributed by atoms with Gasteiger partial charge in [-0.05, 0) is 6.42 Å². The second-order valence-electron chi connectivity index (χ2n) is 2.65. The molecule has 1 atom stereocenters. The molecule has 0 saturated carbocycles. The number of rotatable bonds is 5. The van der Waals surface area contributed by atoms with Crippen molar-refractivity contribution in [3.8, 4) is 12.1 Å². The van der Waals surface area contributed by atoms with Gasteiger partial charge in [0.25, 0.3) is 0 Å². The van der Waals surface area contributed by atoms with Gasteiger partial charge >= 0.3 is 0 Å². The van der Waals surface area contributed by atoms with Crippen LogP contribution in [0.4, 0.5) is 0 Å². The molecule has 0 N–H and O–H groups in total. The first-order valence-electron chi connectivity index (χ1n) is 4.09. The van der Waals surface area contributed by atoms with E-state index in [0.717, 1.165) is 0 Å². The summed E-state index contributed by atoms with van der Waals surface area (Å²) in [5.74, 6) is -0.861. The van der Waals surface area contributed by atoms with Gasteiger partial charge in [0, 0.05) is 20.1 Å². The van der Waals surface area contributed by atoms with E-state index in [0.29, 0.717) is 6.42 Å². The fourth-order valence-corrected chi connectivity index (χ4v) is 1.25. The molecule has 72 valence electrons. The van der Waals surface area contributed by atoms with Crippen molar-refractivity contribution in [1.29, 1.82) is 10.5 Å². The summed E-state index contributed by atoms with van der Waals surface area (Å²) in [7, 11) is 3.01. The van der Waals surface area contributed by atoms with E-state index in [1.807, 2.05) is 19.1 Å². The maximum atomic E-state index is 8.68. The minimum absolute atomic E-state index is 0.190. The van der Waals surface area contributed by atoms with Gasteiger partial charge in [0.15, 0.2) is 6.29 Å². The van der Waals surface area contributed by atoms with E-state index in [2.05, 4.69) is 0 Å². The van der Waals surface area contributed by atoms with Gasteiger partial charge in [-0.1, -0.05) is 6.92 Å². The average molecular weight is 182 g/mol. The Balaban J connectivity index is 4.49. The van der Waals surface area contributed by atoms with Crippen LogP contribution >= 0.6 is 0 Å². The topological polar surface area (TPSA) is 66.0 Å². The van der Waals surface area contributed by atoms with Crippen molar-refractivity contribution in [3.05, 3.63) is 0 Å². The predicted molar refractivity (Wildman–Crippen MR) is 46.3 cm³/mol. The molecule has 0 aliphatic carbocycles. The first-order valence-corrected chi connectivity index (χ1v) is 4.09. The summed E-state index contributed by atoms with van der Waals surface area (Å²) in [5.41, 5.74) is 0. The largest absolute Gasteiger partial charge is 0.356 e. The Bertz CT molecular complexity index is 199. The molecule has 1 unspecified atom stereocenters. The second kappa shape index (κ2) is 6.42. The summed E-state index contributed by atoms with van der Waals surface area (Å²) in [6.45, 7) is 1.90. The van der Waals surface area contributed by atoms with Gasteiger partial charge in [-0.3, -0.25) is 0 Å². The number of nitriles is 2. The third-order valence-electron chi connectivity index (χ3n) is 1.99. The van der Waals surface area contributed by atoms with Crippen LogP contribution in [-0.4, -0.2) is 20.5 Å². The van der Waals surface area contributed by atoms with E-state index in [-0.39, 0.29) is 5.92 Å². The van der Waals surface area contributed by atoms with Crippen LogP contribution in [0.3, 0.4) is 0 Å². The van der Waals surface area contributed by atoms with Crippen LogP contribution in [0.2, 0.25) is 0 Å². The highest BCUT2D eigenvalue weighted by Crippen LogP contribution is 2.21. The number of methoxy groups -OCH3 is 2. The summed E-state index contributed by atoms with van der Waals surface area (Å²) in [6, 6.07) is 3.86. The fraction of sp³-hybridized carbons (Fsp3) is 0.778. The van der Waals surface area contributed by atoms with Crippen LogP contribution in [0.5, 0.6) is 0 Å². The number of hydrogen-bond donors (Lipinski definition) is 0. The predicted octanol–water partition coefficient (Wildman–Crippen LogP) is 1.29. The summed E-state index contributed by atoms with van der Waals surface area (Å²) in [6.07, 6.45) is 0.201. The molecule has 0 amide bonds. The average Bonchev–Trinajstić information content (AvgIpc) is 2.18. The van der Waals surface area contributed by atoms with Crippen LogP contribution in [0, 0.1) is 34.5 Å². The van der Waals surface area contributed by atoms with Crippen LogP contribution < -0.4 is 0 Å². The highest BCUT2D eigenvalue weighted by atomic mass is 16.7. The van der Waals surface area contributed by atoms with Crippen LogP contribution in [0.15, 0.2) is 0 Å². The molecular weight excluding hydrogens is 168 g/mol. The van der Waals surface area contributed by atoms with Gasteiger partial charge < -0.3 is 9.47 Å². The van der Waals surface area contributed by atoms with Gasteiger partial charge in [-0.15, -0.1) is 0 Å². The van der Waals surface area contributed by atoms with E-state index < -0.39 is 12.2 Å². The minimum atomic E-state index is -0.671. The normalized spacial score (nSPS) is 12.5. The lowest BCUT2D eigenvalue weighted by molar-refractivity contribution is -0.142. The molecule has 0 aliphatic rings. The Morgan fingerprint density at radius 1 is 1.15 bits per heavy atom. The van der Waals surface area contributed by atoms with Gasteiger partial charge in [0.05, 0.1) is 12.1 Å². The first kappa shape index (κ1) is 11.9. The van der Waals surface area contributed by atoms with Crippen LogP contribution in [0.25, 0.3) is 0 Å². The summed E-state index contributed by atoms with van der Waals surface area (Å²) >= 11 is 0. The standard InChI is InChI=1S/C9H14N2O2/c1-4-8(7(5-10)6-11)9(12-2)13-3/h7-9H,4H2,1-3H3. The molecule has 0 aromatic carbocycles. The third-order valence-corrected chi connectivity index (χ3v) is 1.99. The van der Waals surface area contributed by atoms with Gasteiger partial charge in [0.2, 0.25) is 0 Å². The molecule has 4 nitrogen and oxygen atoms in total. The highest BCUT2D eigenvalue weighted by molar-refractivity contribution is 5.03. The van der Waals surface area contributed by atoms with E-state index in [4.69, 9.17) is 20.0 Å². The Morgan fingerprint density at radius 2 is 1.62 bits per heavy atom. The van der Waals surface area contributed by atoms with Gasteiger partial charge in [0.1, 0.15) is 5.92 Å². The monoisotopic (exact) mass is 182 g/mol. The van der Waals surface area contributed by atoms with Gasteiger partial charge in [-0.2, -0.15) is 10.5 Å². The van der Waals surface area contributed by atoms with Crippen LogP contribution in [0.1, 0.15) is 13.3 Å². The lowest BCUT2D eigenvalue weighted by atomic mass is 9.92. The molecule has 0 aromatic heterocycles. The zero-order valence-electron chi connectivity index (χ0n) is 8.15. The number of hydrogen-bond acceptors (Lipinski definition) is 4. The van der Waals surface area contributed by atoms with Gasteiger partial charge in [-0.25, -0.2) is 0 Å². The molecular formula is C9H14N2O2. The van der Waals surface area contributed by atoms with Crippen molar-refractivity contribution < 1.29 is 9.47 Å². The zero-order chi connectivity index (χ0) is 10.3. The summed E-state index contributed by atoms with van der Waals surface area (Å²) in [4.78, 5) is 0. The first-order chi connectivity index (χ1) is 6.24. The molecule has 0 aliphatic heterocycles. The lowest BCUT2D eigenvalue weighted by Crippen LogP contribution is -2.29. The number of ether oxygens (including phenoxy) is 2. The summed E-state index contributed by atoms with van der Waals surface area (Å²) < 4.78 is 10.0. The number of nitrogens with zero attached hydrogens (tertiary/aromatic N) is 2. The highest BCUT2D eigenvalue weighted by Gasteiger charge is 2.28. The van der Waals surface area contributed by atoms with Crippen molar-refractivity contribution in [1.82, 2.24) is 0 Å². The van der Waals surface area contributed by atoms with E-state index in [9.17, 15) is 0 Å². The molecule has 0 heterocycles. The van der Waals surface area contributed by atoms with E-state index in [1.54, 1.807) is 0 Å². The molecule has 4 heteroatoms. The molecule has 0 radical (unpaired) electrons. The minimum Gasteiger partial charge on any atom is -0.356 e. The van der Waals surface area contributed by atoms with E-state index in [1.165, 1.54) is 14.2 Å². The molecule has 0 aromatic rings. The van der Waals surface area contributed by atoms with Crippen molar-refractivity contribution in [2.75, 3.05) is 14.2 Å². The summed E-state index contributed by atoms with van der Waals surface area (Å²) in [5, 5.41) is 17.4. The quantitative estimate of drug-likeness (QED) is 0.601. The Morgan fingerprint density at radius 3 is 1.85 bits per heavy atom. The third kappa shape index (κ3) is 3.02. The smallest absolute Gasteiger partial charge is 0.161 e. The van der Waals surface area contributed by atoms with Crippen LogP contribution in [-0.2, 0) is 9.47 Å². The fourth-order valence-electron chi connectivity index (χ4n) is 1.25. The maximum Gasteiger partial charge on any atom is 0.161 e. The zero-order valence-corrected chi connectivity index (χ0v) is 8.15. The molecule has 13 heavy (non-hydrogen) atoms. The second-order valence-corrected chi connectivity index (χ2v) is 2.65. The molecule has 0 spiro atoms. The van der Waals surface area contributed by atoms with Crippen molar-refractivity contribution >= 4 is 0 Å². The Kier molecular flexibility index (Phi) is 5.88. The lowest BCUT2D eigenvalue weighted by Gasteiger charge is -2.23. The molecule has 0 fully saturated rings.